The van der Waals surface area contributed by atoms with Gasteiger partial charge in [-0.1, -0.05) is 41.5 Å². The maximum absolute atomic E-state index is 3.59. The number of hydrogen-bond donors (Lipinski definition) is 0. The van der Waals surface area contributed by atoms with Crippen molar-refractivity contribution in [1.29, 1.82) is 0 Å². The molecule has 0 radical (unpaired) electrons. The second-order valence-electron chi connectivity index (χ2n) is 6.31. The van der Waals surface area contributed by atoms with E-state index in [-0.39, 0.29) is 10.8 Å². The quantitative estimate of drug-likeness (QED) is 0.555. The lowest BCUT2D eigenvalue weighted by atomic mass is 9.75. The number of halogens is 2. The maximum Gasteiger partial charge on any atom is 0.0320 e. The third kappa shape index (κ3) is 3.10. The standard InChI is InChI=1S/C14H20Br2/c1-13(2,3)9-7-11(15)12(16)8-10(9)14(4,5)6/h7-8H,1-6H3. The van der Waals surface area contributed by atoms with Gasteiger partial charge in [-0.15, -0.1) is 0 Å². The van der Waals surface area contributed by atoms with Crippen LogP contribution in [0.1, 0.15) is 52.7 Å². The van der Waals surface area contributed by atoms with Crippen LogP contribution in [-0.4, -0.2) is 0 Å². The summed E-state index contributed by atoms with van der Waals surface area (Å²) in [4.78, 5) is 0. The van der Waals surface area contributed by atoms with Gasteiger partial charge in [0.05, 0.1) is 0 Å². The summed E-state index contributed by atoms with van der Waals surface area (Å²) >= 11 is 7.19. The summed E-state index contributed by atoms with van der Waals surface area (Å²) in [5, 5.41) is 0. The summed E-state index contributed by atoms with van der Waals surface area (Å²) in [6.45, 7) is 13.6. The monoisotopic (exact) mass is 346 g/mol. The zero-order valence-corrected chi connectivity index (χ0v) is 14.1. The third-order valence-corrected chi connectivity index (χ3v) is 4.52. The zero-order valence-electron chi connectivity index (χ0n) is 10.9. The van der Waals surface area contributed by atoms with Crippen LogP contribution in [0.5, 0.6) is 0 Å². The van der Waals surface area contributed by atoms with Crippen LogP contribution in [0.2, 0.25) is 0 Å². The molecule has 0 bridgehead atoms. The van der Waals surface area contributed by atoms with E-state index in [1.165, 1.54) is 11.1 Å². The Morgan fingerprint density at radius 2 is 0.938 bits per heavy atom. The van der Waals surface area contributed by atoms with Gasteiger partial charge in [-0.2, -0.15) is 0 Å². The van der Waals surface area contributed by atoms with Crippen molar-refractivity contribution in [1.82, 2.24) is 0 Å². The fraction of sp³-hybridized carbons (Fsp3) is 0.571. The summed E-state index contributed by atoms with van der Waals surface area (Å²) in [7, 11) is 0. The van der Waals surface area contributed by atoms with E-state index in [1.54, 1.807) is 0 Å². The topological polar surface area (TPSA) is 0 Å². The molecule has 0 N–H and O–H groups in total. The first-order valence-electron chi connectivity index (χ1n) is 5.53. The Labute approximate surface area is 116 Å². The van der Waals surface area contributed by atoms with Crippen molar-refractivity contribution in [3.05, 3.63) is 32.2 Å². The Hall–Kier alpha value is 0.180. The molecule has 1 rings (SSSR count). The summed E-state index contributed by atoms with van der Waals surface area (Å²) in [6.07, 6.45) is 0. The van der Waals surface area contributed by atoms with Crippen molar-refractivity contribution in [2.75, 3.05) is 0 Å². The largest absolute Gasteiger partial charge is 0.0561 e. The molecular formula is C14H20Br2. The molecule has 0 atom stereocenters. The zero-order chi connectivity index (χ0) is 12.7. The molecule has 0 aliphatic rings. The third-order valence-electron chi connectivity index (χ3n) is 2.68. The molecule has 0 fully saturated rings. The second kappa shape index (κ2) is 4.45. The average molecular weight is 348 g/mol. The molecule has 0 aliphatic heterocycles. The van der Waals surface area contributed by atoms with Gasteiger partial charge in [-0.25, -0.2) is 0 Å². The number of hydrogen-bond acceptors (Lipinski definition) is 0. The molecule has 2 heteroatoms. The van der Waals surface area contributed by atoms with Crippen molar-refractivity contribution < 1.29 is 0 Å². The van der Waals surface area contributed by atoms with E-state index in [2.05, 4.69) is 85.5 Å². The van der Waals surface area contributed by atoms with Gasteiger partial charge in [-0.05, 0) is 65.9 Å². The Bertz CT molecular complexity index is 353. The van der Waals surface area contributed by atoms with Gasteiger partial charge in [0.15, 0.2) is 0 Å². The Morgan fingerprint density at radius 3 is 1.12 bits per heavy atom. The molecule has 0 amide bonds. The lowest BCUT2D eigenvalue weighted by molar-refractivity contribution is 0.529. The van der Waals surface area contributed by atoms with Gasteiger partial charge in [0.25, 0.3) is 0 Å². The van der Waals surface area contributed by atoms with E-state index < -0.39 is 0 Å². The molecule has 0 spiro atoms. The fourth-order valence-electron chi connectivity index (χ4n) is 1.79. The normalized spacial score (nSPS) is 13.0. The minimum atomic E-state index is 0.172. The first kappa shape index (κ1) is 14.2. The molecule has 16 heavy (non-hydrogen) atoms. The predicted molar refractivity (Wildman–Crippen MR) is 79.2 cm³/mol. The smallest absolute Gasteiger partial charge is 0.0320 e. The highest BCUT2D eigenvalue weighted by Crippen LogP contribution is 2.38. The van der Waals surface area contributed by atoms with Crippen molar-refractivity contribution in [2.24, 2.45) is 0 Å². The Kier molecular flexibility index (Phi) is 3.96. The van der Waals surface area contributed by atoms with E-state index in [9.17, 15) is 0 Å². The number of benzene rings is 1. The Balaban J connectivity index is 3.53. The summed E-state index contributed by atoms with van der Waals surface area (Å²) in [6, 6.07) is 4.48. The predicted octanol–water partition coefficient (Wildman–Crippen LogP) is 5.81. The highest BCUT2D eigenvalue weighted by atomic mass is 79.9. The molecule has 1 aromatic carbocycles. The minimum absolute atomic E-state index is 0.172. The molecule has 90 valence electrons. The second-order valence-corrected chi connectivity index (χ2v) is 8.02. The minimum Gasteiger partial charge on any atom is -0.0561 e. The van der Waals surface area contributed by atoms with E-state index >= 15 is 0 Å². The highest BCUT2D eigenvalue weighted by molar-refractivity contribution is 9.13. The molecule has 0 aliphatic carbocycles. The molecule has 0 heterocycles. The van der Waals surface area contributed by atoms with Gasteiger partial charge in [0.1, 0.15) is 0 Å². The first-order chi connectivity index (χ1) is 7.03. The Morgan fingerprint density at radius 1 is 0.688 bits per heavy atom. The highest BCUT2D eigenvalue weighted by Gasteiger charge is 2.25. The first-order valence-corrected chi connectivity index (χ1v) is 7.12. The van der Waals surface area contributed by atoms with Crippen LogP contribution in [0.4, 0.5) is 0 Å². The van der Waals surface area contributed by atoms with Crippen LogP contribution >= 0.6 is 31.9 Å². The lowest BCUT2D eigenvalue weighted by Crippen LogP contribution is -2.22. The van der Waals surface area contributed by atoms with Crippen molar-refractivity contribution in [2.45, 2.75) is 52.4 Å². The van der Waals surface area contributed by atoms with Crippen LogP contribution in [0.25, 0.3) is 0 Å². The van der Waals surface area contributed by atoms with Crippen molar-refractivity contribution >= 4 is 31.9 Å². The molecule has 0 saturated heterocycles. The molecule has 0 unspecified atom stereocenters. The van der Waals surface area contributed by atoms with E-state index in [4.69, 9.17) is 0 Å². The summed E-state index contributed by atoms with van der Waals surface area (Å²) in [5.41, 5.74) is 3.17. The van der Waals surface area contributed by atoms with Crippen LogP contribution < -0.4 is 0 Å². The number of rotatable bonds is 0. The van der Waals surface area contributed by atoms with Crippen LogP contribution in [-0.2, 0) is 10.8 Å². The molecule has 0 nitrogen and oxygen atoms in total. The van der Waals surface area contributed by atoms with Gasteiger partial charge in [-0.3, -0.25) is 0 Å². The SMILES string of the molecule is CC(C)(C)c1cc(Br)c(Br)cc1C(C)(C)C. The van der Waals surface area contributed by atoms with E-state index in [0.29, 0.717) is 0 Å². The van der Waals surface area contributed by atoms with Gasteiger partial charge in [0, 0.05) is 8.95 Å². The van der Waals surface area contributed by atoms with Gasteiger partial charge < -0.3 is 0 Å². The lowest BCUT2D eigenvalue weighted by Gasteiger charge is -2.30. The van der Waals surface area contributed by atoms with Crippen molar-refractivity contribution in [3.63, 3.8) is 0 Å². The molecule has 0 saturated carbocycles. The van der Waals surface area contributed by atoms with Crippen LogP contribution in [0, 0.1) is 0 Å². The molecule has 1 aromatic rings. The maximum atomic E-state index is 3.59. The summed E-state index contributed by atoms with van der Waals surface area (Å²) < 4.78 is 2.26. The molecule has 0 aromatic heterocycles. The average Bonchev–Trinajstić information content (AvgIpc) is 2.05. The van der Waals surface area contributed by atoms with Crippen LogP contribution in [0.3, 0.4) is 0 Å². The van der Waals surface area contributed by atoms with E-state index in [1.807, 2.05) is 0 Å². The van der Waals surface area contributed by atoms with Crippen LogP contribution in [0.15, 0.2) is 21.1 Å². The fourth-order valence-corrected chi connectivity index (χ4v) is 2.47. The molecular weight excluding hydrogens is 328 g/mol. The van der Waals surface area contributed by atoms with Gasteiger partial charge >= 0.3 is 0 Å². The summed E-state index contributed by atoms with van der Waals surface area (Å²) in [5.74, 6) is 0. The van der Waals surface area contributed by atoms with Gasteiger partial charge in [0.2, 0.25) is 0 Å². The van der Waals surface area contributed by atoms with Crippen molar-refractivity contribution in [3.8, 4) is 0 Å². The van der Waals surface area contributed by atoms with E-state index in [0.717, 1.165) is 8.95 Å².